The molecule has 0 aliphatic rings. The van der Waals surface area contributed by atoms with Gasteiger partial charge in [0.1, 0.15) is 5.75 Å². The van der Waals surface area contributed by atoms with Crippen LogP contribution in [0.1, 0.15) is 13.8 Å². The number of carbonyl (C=O) groups excluding carboxylic acids is 1. The van der Waals surface area contributed by atoms with Crippen molar-refractivity contribution < 1.29 is 9.53 Å². The van der Waals surface area contributed by atoms with Gasteiger partial charge in [-0.2, -0.15) is 0 Å². The minimum absolute atomic E-state index is 0.0670. The van der Waals surface area contributed by atoms with Crippen LogP contribution in [-0.2, 0) is 4.79 Å². The lowest BCUT2D eigenvalue weighted by atomic mass is 10.1. The normalized spacial score (nSPS) is 11.1. The fourth-order valence-corrected chi connectivity index (χ4v) is 3.86. The lowest BCUT2D eigenvalue weighted by Crippen LogP contribution is -2.16. The Labute approximate surface area is 184 Å². The molecule has 1 heterocycles. The predicted molar refractivity (Wildman–Crippen MR) is 125 cm³/mol. The number of thioether (sulfide) groups is 1. The maximum atomic E-state index is 12.5. The molecule has 0 radical (unpaired) electrons. The second kappa shape index (κ2) is 9.09. The highest BCUT2D eigenvalue weighted by molar-refractivity contribution is 7.99. The largest absolute Gasteiger partial charge is 0.491 e. The summed E-state index contributed by atoms with van der Waals surface area (Å²) in [6.45, 7) is 3.94. The van der Waals surface area contributed by atoms with Gasteiger partial charge in [0, 0.05) is 16.6 Å². The number of benzene rings is 3. The lowest BCUT2D eigenvalue weighted by Gasteiger charge is -2.10. The third-order valence-electron chi connectivity index (χ3n) is 4.52. The molecule has 1 amide bonds. The van der Waals surface area contributed by atoms with Gasteiger partial charge in [-0.15, -0.1) is 10.2 Å². The maximum Gasteiger partial charge on any atom is 0.234 e. The standard InChI is InChI=1S/C23H23N5O2S/c1-15(2)30-18-10-5-9-17(13-18)22-26-27-23(28(22)24)31-14-21(29)25-20-12-6-8-16-7-3-4-11-19(16)20/h3-13,15H,14,24H2,1-2H3,(H,25,29). The number of hydrogen-bond donors (Lipinski definition) is 2. The number of ether oxygens (including phenoxy) is 1. The molecule has 0 aliphatic carbocycles. The van der Waals surface area contributed by atoms with Crippen molar-refractivity contribution in [2.24, 2.45) is 0 Å². The Morgan fingerprint density at radius 1 is 1.10 bits per heavy atom. The van der Waals surface area contributed by atoms with Gasteiger partial charge in [-0.25, -0.2) is 4.68 Å². The number of hydrogen-bond acceptors (Lipinski definition) is 6. The zero-order valence-electron chi connectivity index (χ0n) is 17.3. The van der Waals surface area contributed by atoms with Gasteiger partial charge in [0.05, 0.1) is 11.9 Å². The number of carbonyl (C=O) groups is 1. The molecule has 7 nitrogen and oxygen atoms in total. The molecule has 0 bridgehead atoms. The van der Waals surface area contributed by atoms with Crippen LogP contribution in [-0.4, -0.2) is 32.6 Å². The summed E-state index contributed by atoms with van der Waals surface area (Å²) in [5.41, 5.74) is 1.57. The van der Waals surface area contributed by atoms with E-state index >= 15 is 0 Å². The average molecular weight is 434 g/mol. The summed E-state index contributed by atoms with van der Waals surface area (Å²) >= 11 is 1.23. The molecule has 3 N–H and O–H groups in total. The third-order valence-corrected chi connectivity index (χ3v) is 5.47. The van der Waals surface area contributed by atoms with E-state index in [0.29, 0.717) is 11.0 Å². The van der Waals surface area contributed by atoms with Gasteiger partial charge in [0.15, 0.2) is 5.82 Å². The zero-order valence-corrected chi connectivity index (χ0v) is 18.1. The fourth-order valence-electron chi connectivity index (χ4n) is 3.20. The van der Waals surface area contributed by atoms with Crippen molar-refractivity contribution in [1.82, 2.24) is 14.9 Å². The minimum Gasteiger partial charge on any atom is -0.491 e. The fraction of sp³-hybridized carbons (Fsp3) is 0.174. The van der Waals surface area contributed by atoms with Crippen molar-refractivity contribution in [2.45, 2.75) is 25.1 Å². The third kappa shape index (κ3) is 4.80. The molecule has 0 atom stereocenters. The number of aromatic nitrogens is 3. The number of anilines is 1. The van der Waals surface area contributed by atoms with Gasteiger partial charge in [0.25, 0.3) is 0 Å². The van der Waals surface area contributed by atoms with Gasteiger partial charge >= 0.3 is 0 Å². The highest BCUT2D eigenvalue weighted by atomic mass is 32.2. The Bertz CT molecular complexity index is 1220. The smallest absolute Gasteiger partial charge is 0.234 e. The first kappa shape index (κ1) is 20.7. The SMILES string of the molecule is CC(C)Oc1cccc(-c2nnc(SCC(=O)Nc3cccc4ccccc34)n2N)c1. The Balaban J connectivity index is 1.44. The molecule has 0 spiro atoms. The number of nitrogens with two attached hydrogens (primary N) is 1. The molecule has 1 aromatic heterocycles. The van der Waals surface area contributed by atoms with Crippen LogP contribution in [0, 0.1) is 0 Å². The van der Waals surface area contributed by atoms with Crippen molar-refractivity contribution in [3.8, 4) is 17.1 Å². The van der Waals surface area contributed by atoms with Crippen LogP contribution in [0.5, 0.6) is 5.75 Å². The Kier molecular flexibility index (Phi) is 6.08. The number of amides is 1. The monoisotopic (exact) mass is 433 g/mol. The number of nitrogens with zero attached hydrogens (tertiary/aromatic N) is 3. The van der Waals surface area contributed by atoms with Crippen molar-refractivity contribution in [3.63, 3.8) is 0 Å². The van der Waals surface area contributed by atoms with E-state index < -0.39 is 0 Å². The molecule has 8 heteroatoms. The lowest BCUT2D eigenvalue weighted by molar-refractivity contribution is -0.113. The summed E-state index contributed by atoms with van der Waals surface area (Å²) < 4.78 is 7.13. The highest BCUT2D eigenvalue weighted by Gasteiger charge is 2.15. The molecule has 158 valence electrons. The molecule has 31 heavy (non-hydrogen) atoms. The van der Waals surface area contributed by atoms with Crippen LogP contribution in [0.4, 0.5) is 5.69 Å². The molecule has 4 rings (SSSR count). The zero-order chi connectivity index (χ0) is 21.8. The number of fused-ring (bicyclic) bond motifs is 1. The summed E-state index contributed by atoms with van der Waals surface area (Å²) in [6.07, 6.45) is 0.0670. The first-order valence-corrected chi connectivity index (χ1v) is 10.9. The Morgan fingerprint density at radius 3 is 2.71 bits per heavy atom. The number of rotatable bonds is 7. The minimum atomic E-state index is -0.141. The van der Waals surface area contributed by atoms with Gasteiger partial charge in [-0.05, 0) is 37.4 Å². The number of nitrogen functional groups attached to an aromatic ring is 1. The van der Waals surface area contributed by atoms with Gasteiger partial charge in [-0.1, -0.05) is 60.3 Å². The summed E-state index contributed by atoms with van der Waals surface area (Å²) in [5, 5.41) is 13.8. The molecular formula is C23H23N5O2S. The van der Waals surface area contributed by atoms with Crippen molar-refractivity contribution in [2.75, 3.05) is 16.9 Å². The molecule has 0 saturated heterocycles. The van der Waals surface area contributed by atoms with E-state index in [4.69, 9.17) is 10.6 Å². The van der Waals surface area contributed by atoms with Crippen LogP contribution in [0.3, 0.4) is 0 Å². The van der Waals surface area contributed by atoms with Crippen molar-refractivity contribution in [1.29, 1.82) is 0 Å². The average Bonchev–Trinajstić information content (AvgIpc) is 3.12. The van der Waals surface area contributed by atoms with Gasteiger partial charge in [0.2, 0.25) is 11.1 Å². The summed E-state index contributed by atoms with van der Waals surface area (Å²) in [6, 6.07) is 21.3. The van der Waals surface area contributed by atoms with E-state index in [2.05, 4.69) is 15.5 Å². The molecule has 0 saturated carbocycles. The van der Waals surface area contributed by atoms with Gasteiger partial charge in [-0.3, -0.25) is 4.79 Å². The van der Waals surface area contributed by atoms with E-state index in [9.17, 15) is 4.79 Å². The van der Waals surface area contributed by atoms with E-state index in [-0.39, 0.29) is 17.8 Å². The maximum absolute atomic E-state index is 12.5. The molecule has 4 aromatic rings. The molecular weight excluding hydrogens is 410 g/mol. The van der Waals surface area contributed by atoms with E-state index in [0.717, 1.165) is 27.8 Å². The predicted octanol–water partition coefficient (Wildman–Crippen LogP) is 4.33. The van der Waals surface area contributed by atoms with Crippen LogP contribution >= 0.6 is 11.8 Å². The summed E-state index contributed by atoms with van der Waals surface area (Å²) in [7, 11) is 0. The van der Waals surface area contributed by atoms with E-state index in [1.807, 2.05) is 80.6 Å². The first-order chi connectivity index (χ1) is 15.0. The first-order valence-electron chi connectivity index (χ1n) is 9.89. The quantitative estimate of drug-likeness (QED) is 0.333. The molecule has 0 unspecified atom stereocenters. The van der Waals surface area contributed by atoms with Crippen molar-refractivity contribution in [3.05, 3.63) is 66.7 Å². The van der Waals surface area contributed by atoms with E-state index in [1.165, 1.54) is 16.4 Å². The van der Waals surface area contributed by atoms with Crippen LogP contribution in [0.2, 0.25) is 0 Å². The summed E-state index contributed by atoms with van der Waals surface area (Å²) in [4.78, 5) is 12.5. The number of nitrogens with one attached hydrogen (secondary N) is 1. The van der Waals surface area contributed by atoms with E-state index in [1.54, 1.807) is 0 Å². The topological polar surface area (TPSA) is 95.1 Å². The summed E-state index contributed by atoms with van der Waals surface area (Å²) in [5.74, 6) is 7.46. The highest BCUT2D eigenvalue weighted by Crippen LogP contribution is 2.26. The van der Waals surface area contributed by atoms with Crippen LogP contribution in [0.25, 0.3) is 22.2 Å². The Morgan fingerprint density at radius 2 is 1.87 bits per heavy atom. The second-order valence-corrected chi connectivity index (χ2v) is 8.18. The molecule has 0 fully saturated rings. The second-order valence-electron chi connectivity index (χ2n) is 7.23. The Hall–Kier alpha value is -3.52. The van der Waals surface area contributed by atoms with Gasteiger partial charge < -0.3 is 15.9 Å². The molecule has 3 aromatic carbocycles. The molecule has 0 aliphatic heterocycles. The van der Waals surface area contributed by atoms with Crippen molar-refractivity contribution >= 4 is 34.1 Å². The van der Waals surface area contributed by atoms with Crippen LogP contribution < -0.4 is 15.9 Å². The van der Waals surface area contributed by atoms with Crippen LogP contribution in [0.15, 0.2) is 71.9 Å².